The largest absolute Gasteiger partial charge is 0.308 e. The molecule has 0 spiro atoms. The number of aromatic nitrogens is 2. The summed E-state index contributed by atoms with van der Waals surface area (Å²) in [6.07, 6.45) is 0. The summed E-state index contributed by atoms with van der Waals surface area (Å²) in [4.78, 5) is 0. The van der Waals surface area contributed by atoms with E-state index in [9.17, 15) is 0 Å². The lowest BCUT2D eigenvalue weighted by atomic mass is 10.0. The molecule has 0 radical (unpaired) electrons. The minimum absolute atomic E-state index is 1.06. The van der Waals surface area contributed by atoms with Crippen molar-refractivity contribution in [2.45, 2.75) is 0 Å². The first-order valence-corrected chi connectivity index (χ1v) is 20.6. The van der Waals surface area contributed by atoms with Crippen molar-refractivity contribution in [2.75, 3.05) is 0 Å². The molecule has 0 bridgehead atoms. The molecule has 13 rings (SSSR count). The van der Waals surface area contributed by atoms with E-state index in [1.807, 2.05) is 11.3 Å². The van der Waals surface area contributed by atoms with Crippen molar-refractivity contribution < 1.29 is 0 Å². The Hall–Kier alpha value is -6.46. The lowest BCUT2D eigenvalue weighted by Gasteiger charge is -2.18. The van der Waals surface area contributed by atoms with Gasteiger partial charge in [0, 0.05) is 41.7 Å². The van der Waals surface area contributed by atoms with Gasteiger partial charge in [-0.3, -0.25) is 0 Å². The number of hydrogen-bond acceptors (Lipinski definition) is 1. The van der Waals surface area contributed by atoms with E-state index in [2.05, 4.69) is 201 Å². The number of fused-ring (bicyclic) bond motifs is 15. The van der Waals surface area contributed by atoms with E-state index in [0.29, 0.717) is 0 Å². The van der Waals surface area contributed by atoms with Crippen LogP contribution in [0.2, 0.25) is 0 Å². The summed E-state index contributed by atoms with van der Waals surface area (Å²) in [5.41, 5.74) is 7.08. The molecule has 0 saturated heterocycles. The van der Waals surface area contributed by atoms with E-state index >= 15 is 0 Å². The Labute approximate surface area is 333 Å². The highest BCUT2D eigenvalue weighted by Crippen LogP contribution is 2.49. The van der Waals surface area contributed by atoms with Crippen LogP contribution in [0, 0.1) is 0 Å². The van der Waals surface area contributed by atoms with Gasteiger partial charge in [0.25, 0.3) is 0 Å². The Morgan fingerprint density at radius 3 is 1.39 bits per heavy atom. The van der Waals surface area contributed by atoms with Crippen LogP contribution in [0.1, 0.15) is 0 Å². The van der Waals surface area contributed by atoms with Crippen LogP contribution in [0.25, 0.3) is 118 Å². The van der Waals surface area contributed by atoms with Crippen LogP contribution in [-0.4, -0.2) is 9.13 Å². The van der Waals surface area contributed by atoms with E-state index in [4.69, 9.17) is 0 Å². The van der Waals surface area contributed by atoms with Crippen LogP contribution in [0.4, 0.5) is 0 Å². The minimum Gasteiger partial charge on any atom is -0.308 e. The molecule has 0 aliphatic rings. The lowest BCUT2D eigenvalue weighted by Crippen LogP contribution is -2.02. The molecule has 56 heavy (non-hydrogen) atoms. The fraction of sp³-hybridized carbons (Fsp3) is 0. The molecule has 3 aromatic heterocycles. The van der Waals surface area contributed by atoms with Crippen molar-refractivity contribution >= 4 is 134 Å². The smallest absolute Gasteiger partial charge is 0.0718 e. The van der Waals surface area contributed by atoms with E-state index in [1.165, 1.54) is 107 Å². The predicted molar refractivity (Wildman–Crippen MR) is 246 cm³/mol. The van der Waals surface area contributed by atoms with Crippen molar-refractivity contribution in [3.8, 4) is 11.4 Å². The van der Waals surface area contributed by atoms with Crippen molar-refractivity contribution in [2.24, 2.45) is 0 Å². The number of halogens is 1. The molecular weight excluding hydrogens is 765 g/mol. The molecule has 0 fully saturated rings. The quantitative estimate of drug-likeness (QED) is 0.165. The van der Waals surface area contributed by atoms with Gasteiger partial charge in [-0.2, -0.15) is 0 Å². The predicted octanol–water partition coefficient (Wildman–Crippen LogP) is 15.6. The SMILES string of the molecule is Brc1c(-n2c3cc4ccccc4cc3c3c4ccccc4ccc32)cc2sc3ccccc3c2c1-n1c2cc3ccccc3cc2c2c3ccccc3ccc21. The third kappa shape index (κ3) is 4.10. The molecule has 0 atom stereocenters. The van der Waals surface area contributed by atoms with Crippen molar-refractivity contribution in [1.82, 2.24) is 9.13 Å². The normalized spacial score (nSPS) is 12.4. The van der Waals surface area contributed by atoms with Gasteiger partial charge in [0.05, 0.1) is 37.9 Å². The monoisotopic (exact) mass is 792 g/mol. The summed E-state index contributed by atoms with van der Waals surface area (Å²) in [6, 6.07) is 65.3. The van der Waals surface area contributed by atoms with Crippen LogP contribution < -0.4 is 0 Å². The van der Waals surface area contributed by atoms with Gasteiger partial charge >= 0.3 is 0 Å². The Bertz CT molecular complexity index is 3840. The highest BCUT2D eigenvalue weighted by Gasteiger charge is 2.26. The third-order valence-electron chi connectivity index (χ3n) is 12.1. The van der Waals surface area contributed by atoms with Crippen LogP contribution in [-0.2, 0) is 0 Å². The first-order chi connectivity index (χ1) is 27.7. The number of thiophene rings is 1. The van der Waals surface area contributed by atoms with Gasteiger partial charge in [-0.15, -0.1) is 11.3 Å². The van der Waals surface area contributed by atoms with E-state index in [0.717, 1.165) is 15.8 Å². The average Bonchev–Trinajstić information content (AvgIpc) is 3.89. The molecule has 0 unspecified atom stereocenters. The Morgan fingerprint density at radius 2 is 0.804 bits per heavy atom. The molecule has 0 aliphatic carbocycles. The lowest BCUT2D eigenvalue weighted by molar-refractivity contribution is 1.14. The molecule has 10 aromatic carbocycles. The summed E-state index contributed by atoms with van der Waals surface area (Å²) in [5, 5.41) is 17.6. The molecule has 0 aliphatic heterocycles. The van der Waals surface area contributed by atoms with Gasteiger partial charge in [0.1, 0.15) is 0 Å². The van der Waals surface area contributed by atoms with Crippen LogP contribution in [0.5, 0.6) is 0 Å². The second kappa shape index (κ2) is 11.3. The van der Waals surface area contributed by atoms with Gasteiger partial charge in [0.2, 0.25) is 0 Å². The number of benzene rings is 10. The van der Waals surface area contributed by atoms with Crippen LogP contribution in [0.15, 0.2) is 180 Å². The highest BCUT2D eigenvalue weighted by atomic mass is 79.9. The maximum Gasteiger partial charge on any atom is 0.0718 e. The molecule has 13 aromatic rings. The van der Waals surface area contributed by atoms with Crippen molar-refractivity contribution in [3.05, 3.63) is 180 Å². The second-order valence-electron chi connectivity index (χ2n) is 15.0. The minimum atomic E-state index is 1.06. The molecule has 0 N–H and O–H groups in total. The maximum absolute atomic E-state index is 4.42. The Balaban J connectivity index is 1.26. The van der Waals surface area contributed by atoms with E-state index in [-0.39, 0.29) is 0 Å². The topological polar surface area (TPSA) is 9.86 Å². The molecule has 0 saturated carbocycles. The third-order valence-corrected chi connectivity index (χ3v) is 14.0. The summed E-state index contributed by atoms with van der Waals surface area (Å²) >= 11 is 6.30. The molecular formula is C52H29BrN2S. The summed E-state index contributed by atoms with van der Waals surface area (Å²) < 4.78 is 8.67. The summed E-state index contributed by atoms with van der Waals surface area (Å²) in [7, 11) is 0. The van der Waals surface area contributed by atoms with Crippen LogP contribution >= 0.6 is 27.3 Å². The Morgan fingerprint density at radius 1 is 0.339 bits per heavy atom. The molecule has 4 heteroatoms. The summed E-state index contributed by atoms with van der Waals surface area (Å²) in [5.74, 6) is 0. The van der Waals surface area contributed by atoms with Crippen molar-refractivity contribution in [3.63, 3.8) is 0 Å². The molecule has 3 heterocycles. The first-order valence-electron chi connectivity index (χ1n) is 19.0. The highest BCUT2D eigenvalue weighted by molar-refractivity contribution is 9.10. The van der Waals surface area contributed by atoms with Crippen LogP contribution in [0.3, 0.4) is 0 Å². The van der Waals surface area contributed by atoms with Gasteiger partial charge in [0.15, 0.2) is 0 Å². The number of hydrogen-bond donors (Lipinski definition) is 0. The van der Waals surface area contributed by atoms with Gasteiger partial charge in [-0.25, -0.2) is 0 Å². The zero-order valence-corrected chi connectivity index (χ0v) is 32.3. The van der Waals surface area contributed by atoms with Crippen molar-refractivity contribution in [1.29, 1.82) is 0 Å². The second-order valence-corrected chi connectivity index (χ2v) is 16.9. The molecule has 2 nitrogen and oxygen atoms in total. The van der Waals surface area contributed by atoms with E-state index < -0.39 is 0 Å². The average molecular weight is 794 g/mol. The first kappa shape index (κ1) is 30.8. The zero-order valence-electron chi connectivity index (χ0n) is 29.9. The number of nitrogens with zero attached hydrogens (tertiary/aromatic N) is 2. The maximum atomic E-state index is 4.42. The van der Waals surface area contributed by atoms with Gasteiger partial charge in [-0.1, -0.05) is 127 Å². The summed E-state index contributed by atoms with van der Waals surface area (Å²) in [6.45, 7) is 0. The van der Waals surface area contributed by atoms with E-state index in [1.54, 1.807) is 0 Å². The Kier molecular flexibility index (Phi) is 6.22. The standard InChI is InChI=1S/C52H29BrN2S/c53-51-45(54-41-23-21-30-11-5-7-17-36(30)48(41)39-25-32-13-1-3-15-34(32)27-43(39)54)29-47-50(38-19-9-10-20-46(38)56-47)52(51)55-42-24-22-31-12-6-8-18-37(31)49(42)40-26-33-14-2-4-16-35(33)28-44(40)55/h1-29H. The fourth-order valence-electron chi connectivity index (χ4n) is 9.65. The number of rotatable bonds is 2. The molecule has 260 valence electrons. The zero-order chi connectivity index (χ0) is 36.6. The molecule has 0 amide bonds. The van der Waals surface area contributed by atoms with Gasteiger partial charge in [-0.05, 0) is 108 Å². The fourth-order valence-corrected chi connectivity index (χ4v) is 11.5. The van der Waals surface area contributed by atoms with Gasteiger partial charge < -0.3 is 9.13 Å².